The van der Waals surface area contributed by atoms with Crippen LogP contribution >= 0.6 is 0 Å². The van der Waals surface area contributed by atoms with E-state index < -0.39 is 0 Å². The minimum Gasteiger partial charge on any atom is -0.464 e. The third-order valence-corrected chi connectivity index (χ3v) is 3.90. The maximum Gasteiger partial charge on any atom is 0.127 e. The molecular weight excluding hydrogens is 198 g/mol. The third-order valence-electron chi connectivity index (χ3n) is 3.90. The van der Waals surface area contributed by atoms with Crippen LogP contribution < -0.4 is 0 Å². The predicted octanol–water partition coefficient (Wildman–Crippen LogP) is 3.78. The smallest absolute Gasteiger partial charge is 0.127 e. The summed E-state index contributed by atoms with van der Waals surface area (Å²) in [6.45, 7) is 15.2. The Labute approximate surface area is 99.6 Å². The van der Waals surface area contributed by atoms with Crippen LogP contribution in [0.1, 0.15) is 50.3 Å². The lowest BCUT2D eigenvalue weighted by Crippen LogP contribution is -2.43. The van der Waals surface area contributed by atoms with Crippen LogP contribution in [0.3, 0.4) is 0 Å². The van der Waals surface area contributed by atoms with Gasteiger partial charge in [0.2, 0.25) is 0 Å². The molecule has 1 rings (SSSR count). The van der Waals surface area contributed by atoms with Gasteiger partial charge in [0.25, 0.3) is 0 Å². The minimum absolute atomic E-state index is 0.0583. The Morgan fingerprint density at radius 2 is 1.56 bits per heavy atom. The van der Waals surface area contributed by atoms with Gasteiger partial charge >= 0.3 is 0 Å². The van der Waals surface area contributed by atoms with Crippen molar-refractivity contribution >= 4 is 0 Å². The summed E-state index contributed by atoms with van der Waals surface area (Å²) in [4.78, 5) is 2.34. The largest absolute Gasteiger partial charge is 0.464 e. The highest BCUT2D eigenvalue weighted by Crippen LogP contribution is 2.34. The maximum atomic E-state index is 5.94. The van der Waals surface area contributed by atoms with Crippen molar-refractivity contribution in [1.29, 1.82) is 0 Å². The van der Waals surface area contributed by atoms with Crippen molar-refractivity contribution in [3.8, 4) is 0 Å². The summed E-state index contributed by atoms with van der Waals surface area (Å²) in [6, 6.07) is 0.500. The summed E-state index contributed by atoms with van der Waals surface area (Å²) in [7, 11) is 2.15. The first kappa shape index (κ1) is 13.3. The molecule has 0 unspecified atom stereocenters. The normalized spacial score (nSPS) is 12.9. The van der Waals surface area contributed by atoms with E-state index >= 15 is 0 Å². The number of hydrogen-bond donors (Lipinski definition) is 0. The Morgan fingerprint density at radius 1 is 1.06 bits per heavy atom. The molecule has 1 aromatic heterocycles. The van der Waals surface area contributed by atoms with Gasteiger partial charge in [-0.2, -0.15) is 0 Å². The van der Waals surface area contributed by atoms with Crippen LogP contribution in [0.25, 0.3) is 0 Å². The Balaban J connectivity index is 3.21. The van der Waals surface area contributed by atoms with Gasteiger partial charge in [-0.3, -0.25) is 4.90 Å². The molecule has 92 valence electrons. The van der Waals surface area contributed by atoms with Gasteiger partial charge in [0.1, 0.15) is 11.5 Å². The van der Waals surface area contributed by atoms with Gasteiger partial charge in [-0.15, -0.1) is 0 Å². The summed E-state index contributed by atoms with van der Waals surface area (Å²) < 4.78 is 5.94. The maximum absolute atomic E-state index is 5.94. The van der Waals surface area contributed by atoms with Gasteiger partial charge in [-0.1, -0.05) is 0 Å². The SMILES string of the molecule is Cc1oc(C(C)(C)N(C)C(C)C)c(C)c1C. The van der Waals surface area contributed by atoms with Crippen molar-refractivity contribution in [1.82, 2.24) is 4.90 Å². The molecule has 2 heteroatoms. The van der Waals surface area contributed by atoms with E-state index in [1.807, 2.05) is 6.92 Å². The van der Waals surface area contributed by atoms with Gasteiger partial charge in [-0.05, 0) is 66.6 Å². The number of rotatable bonds is 3. The molecule has 1 heterocycles. The van der Waals surface area contributed by atoms with E-state index in [4.69, 9.17) is 4.42 Å². The topological polar surface area (TPSA) is 16.4 Å². The lowest BCUT2D eigenvalue weighted by Gasteiger charge is -2.37. The summed E-state index contributed by atoms with van der Waals surface area (Å²) in [5, 5.41) is 0. The Morgan fingerprint density at radius 3 is 1.88 bits per heavy atom. The van der Waals surface area contributed by atoms with E-state index in [-0.39, 0.29) is 5.54 Å². The van der Waals surface area contributed by atoms with Crippen LogP contribution in [0.15, 0.2) is 4.42 Å². The summed E-state index contributed by atoms with van der Waals surface area (Å²) in [5.74, 6) is 2.14. The number of aryl methyl sites for hydroxylation is 1. The molecule has 1 aromatic rings. The number of nitrogens with zero attached hydrogens (tertiary/aromatic N) is 1. The second kappa shape index (κ2) is 4.25. The number of hydrogen-bond acceptors (Lipinski definition) is 2. The second-order valence-electron chi connectivity index (χ2n) is 5.50. The van der Waals surface area contributed by atoms with Gasteiger partial charge in [0.15, 0.2) is 0 Å². The first-order valence-corrected chi connectivity index (χ1v) is 5.99. The van der Waals surface area contributed by atoms with Crippen LogP contribution in [-0.4, -0.2) is 18.0 Å². The standard InChI is InChI=1S/C14H25NO/c1-9(2)15(8)14(6,7)13-11(4)10(3)12(5)16-13/h9H,1-8H3. The lowest BCUT2D eigenvalue weighted by atomic mass is 9.94. The van der Waals surface area contributed by atoms with E-state index in [0.717, 1.165) is 11.5 Å². The zero-order chi connectivity index (χ0) is 12.7. The average molecular weight is 223 g/mol. The molecule has 0 amide bonds. The van der Waals surface area contributed by atoms with Gasteiger partial charge in [0.05, 0.1) is 5.54 Å². The third kappa shape index (κ3) is 2.03. The molecule has 0 N–H and O–H groups in total. The fourth-order valence-electron chi connectivity index (χ4n) is 2.13. The highest BCUT2D eigenvalue weighted by molar-refractivity contribution is 5.34. The van der Waals surface area contributed by atoms with Gasteiger partial charge < -0.3 is 4.42 Å². The highest BCUT2D eigenvalue weighted by Gasteiger charge is 2.33. The molecule has 0 saturated heterocycles. The second-order valence-corrected chi connectivity index (χ2v) is 5.50. The molecule has 0 aromatic carbocycles. The molecule has 2 nitrogen and oxygen atoms in total. The zero-order valence-corrected chi connectivity index (χ0v) is 11.9. The van der Waals surface area contributed by atoms with Crippen LogP contribution in [-0.2, 0) is 5.54 Å². The molecular formula is C14H25NO. The van der Waals surface area contributed by atoms with Crippen molar-refractivity contribution in [2.75, 3.05) is 7.05 Å². The molecule has 0 radical (unpaired) electrons. The molecule has 0 spiro atoms. The Bertz CT molecular complexity index is 374. The molecule has 0 saturated carbocycles. The zero-order valence-electron chi connectivity index (χ0n) is 11.9. The summed E-state index contributed by atoms with van der Waals surface area (Å²) >= 11 is 0. The fraction of sp³-hybridized carbons (Fsp3) is 0.714. The first-order valence-electron chi connectivity index (χ1n) is 5.99. The van der Waals surface area contributed by atoms with Crippen molar-refractivity contribution in [3.05, 3.63) is 22.6 Å². The van der Waals surface area contributed by atoms with E-state index in [2.05, 4.69) is 53.5 Å². The Kier molecular flexibility index (Phi) is 3.53. The molecule has 0 bridgehead atoms. The first-order chi connectivity index (χ1) is 7.19. The summed E-state index contributed by atoms with van der Waals surface area (Å²) in [5.41, 5.74) is 2.51. The molecule has 0 aliphatic rings. The molecule has 0 fully saturated rings. The van der Waals surface area contributed by atoms with E-state index in [9.17, 15) is 0 Å². The monoisotopic (exact) mass is 223 g/mol. The quantitative estimate of drug-likeness (QED) is 0.775. The number of furan rings is 1. The van der Waals surface area contributed by atoms with Crippen LogP contribution in [0.2, 0.25) is 0 Å². The lowest BCUT2D eigenvalue weighted by molar-refractivity contribution is 0.0939. The van der Waals surface area contributed by atoms with Gasteiger partial charge in [0, 0.05) is 6.04 Å². The fourth-order valence-corrected chi connectivity index (χ4v) is 2.13. The van der Waals surface area contributed by atoms with Crippen molar-refractivity contribution < 1.29 is 4.42 Å². The van der Waals surface area contributed by atoms with Crippen LogP contribution in [0, 0.1) is 20.8 Å². The van der Waals surface area contributed by atoms with Gasteiger partial charge in [-0.25, -0.2) is 0 Å². The van der Waals surface area contributed by atoms with Crippen molar-refractivity contribution in [3.63, 3.8) is 0 Å². The molecule has 16 heavy (non-hydrogen) atoms. The molecule has 0 aliphatic carbocycles. The summed E-state index contributed by atoms with van der Waals surface area (Å²) in [6.07, 6.45) is 0. The van der Waals surface area contributed by atoms with Crippen molar-refractivity contribution in [2.45, 2.75) is 60.0 Å². The minimum atomic E-state index is -0.0583. The van der Waals surface area contributed by atoms with Crippen molar-refractivity contribution in [2.24, 2.45) is 0 Å². The van der Waals surface area contributed by atoms with E-state index in [1.165, 1.54) is 11.1 Å². The van der Waals surface area contributed by atoms with Crippen LogP contribution in [0.4, 0.5) is 0 Å². The predicted molar refractivity (Wildman–Crippen MR) is 68.8 cm³/mol. The average Bonchev–Trinajstić information content (AvgIpc) is 2.45. The Hall–Kier alpha value is -0.760. The molecule has 0 aliphatic heterocycles. The highest BCUT2D eigenvalue weighted by atomic mass is 16.3. The van der Waals surface area contributed by atoms with E-state index in [1.54, 1.807) is 0 Å². The molecule has 0 atom stereocenters. The van der Waals surface area contributed by atoms with E-state index in [0.29, 0.717) is 6.04 Å². The van der Waals surface area contributed by atoms with Crippen LogP contribution in [0.5, 0.6) is 0 Å².